The number of hydrogen-bond acceptors (Lipinski definition) is 6. The van der Waals surface area contributed by atoms with Gasteiger partial charge in [-0.1, -0.05) is 0 Å². The molecule has 4 aromatic rings. The molecule has 6 heteroatoms. The lowest BCUT2D eigenvalue weighted by Gasteiger charge is -2.11. The summed E-state index contributed by atoms with van der Waals surface area (Å²) in [4.78, 5) is 4.81. The first kappa shape index (κ1) is 19.1. The van der Waals surface area contributed by atoms with E-state index < -0.39 is 0 Å². The largest absolute Gasteiger partial charge is 0.497 e. The normalized spacial score (nSPS) is 10.3. The first-order chi connectivity index (χ1) is 14.7. The van der Waals surface area contributed by atoms with Crippen LogP contribution >= 0.6 is 0 Å². The summed E-state index contributed by atoms with van der Waals surface area (Å²) in [6.45, 7) is 0. The molecule has 0 aliphatic carbocycles. The number of hydrogen-bond donors (Lipinski definition) is 0. The first-order valence-corrected chi connectivity index (χ1v) is 9.26. The molecule has 0 saturated heterocycles. The zero-order valence-electron chi connectivity index (χ0n) is 16.5. The number of methoxy groups -OCH3 is 2. The topological polar surface area (TPSA) is 80.9 Å². The van der Waals surface area contributed by atoms with Gasteiger partial charge in [0.1, 0.15) is 22.9 Å². The number of ether oxygens (including phenoxy) is 2. The predicted molar refractivity (Wildman–Crippen MR) is 114 cm³/mol. The average molecular weight is 394 g/mol. The Bertz CT molecular complexity index is 1200. The maximum atomic E-state index is 9.02. The molecule has 0 unspecified atom stereocenters. The van der Waals surface area contributed by atoms with Gasteiger partial charge >= 0.3 is 0 Å². The second-order valence-electron chi connectivity index (χ2n) is 6.48. The fraction of sp³-hybridized carbons (Fsp3) is 0.0833. The predicted octanol–water partition coefficient (Wildman–Crippen LogP) is 4.76. The lowest BCUT2D eigenvalue weighted by molar-refractivity contribution is 0.414. The van der Waals surface area contributed by atoms with E-state index in [4.69, 9.17) is 19.7 Å². The number of rotatable bonds is 5. The van der Waals surface area contributed by atoms with Crippen LogP contribution < -0.4 is 9.47 Å². The zero-order chi connectivity index (χ0) is 20.9. The van der Waals surface area contributed by atoms with Crippen molar-refractivity contribution >= 4 is 0 Å². The summed E-state index contributed by atoms with van der Waals surface area (Å²) in [6.07, 6.45) is 0. The summed E-state index contributed by atoms with van der Waals surface area (Å²) in [5, 5.41) is 17.9. The molecule has 0 aliphatic heterocycles. The molecule has 0 N–H and O–H groups in total. The molecule has 6 nitrogen and oxygen atoms in total. The van der Waals surface area contributed by atoms with Crippen LogP contribution in [0, 0.1) is 11.3 Å². The quantitative estimate of drug-likeness (QED) is 0.485. The van der Waals surface area contributed by atoms with E-state index in [0.717, 1.165) is 28.2 Å². The van der Waals surface area contributed by atoms with Gasteiger partial charge in [0.05, 0.1) is 25.9 Å². The van der Waals surface area contributed by atoms with Gasteiger partial charge < -0.3 is 9.47 Å². The molecule has 30 heavy (non-hydrogen) atoms. The Morgan fingerprint density at radius 1 is 0.633 bits per heavy atom. The van der Waals surface area contributed by atoms with Crippen molar-refractivity contribution in [2.45, 2.75) is 0 Å². The van der Waals surface area contributed by atoms with Gasteiger partial charge in [-0.15, -0.1) is 10.2 Å². The van der Waals surface area contributed by atoms with Gasteiger partial charge in [-0.3, -0.25) is 0 Å². The van der Waals surface area contributed by atoms with Gasteiger partial charge in [-0.2, -0.15) is 5.26 Å². The minimum Gasteiger partial charge on any atom is -0.497 e. The molecule has 0 saturated carbocycles. The Hall–Kier alpha value is -4.24. The van der Waals surface area contributed by atoms with Crippen molar-refractivity contribution in [3.05, 3.63) is 78.4 Å². The summed E-state index contributed by atoms with van der Waals surface area (Å²) in [5.74, 6) is 2.02. The fourth-order valence-corrected chi connectivity index (χ4v) is 3.04. The summed E-state index contributed by atoms with van der Waals surface area (Å²) >= 11 is 0. The molecule has 1 aromatic heterocycles. The van der Waals surface area contributed by atoms with Gasteiger partial charge in [0.15, 0.2) is 5.82 Å². The molecule has 0 amide bonds. The van der Waals surface area contributed by atoms with Crippen molar-refractivity contribution < 1.29 is 9.47 Å². The van der Waals surface area contributed by atoms with Crippen LogP contribution in [-0.2, 0) is 0 Å². The lowest BCUT2D eigenvalue weighted by atomic mass is 10.0. The molecule has 146 valence electrons. The number of benzene rings is 3. The van der Waals surface area contributed by atoms with E-state index in [1.165, 1.54) is 0 Å². The van der Waals surface area contributed by atoms with Gasteiger partial charge in [-0.25, -0.2) is 4.98 Å². The highest BCUT2D eigenvalue weighted by Gasteiger charge is 2.15. The summed E-state index contributed by atoms with van der Waals surface area (Å²) in [5.41, 5.74) is 4.52. The number of nitriles is 1. The fourth-order valence-electron chi connectivity index (χ4n) is 3.04. The van der Waals surface area contributed by atoms with Crippen LogP contribution in [0.1, 0.15) is 5.56 Å². The second kappa shape index (κ2) is 8.41. The van der Waals surface area contributed by atoms with Gasteiger partial charge in [0, 0.05) is 16.7 Å². The molecular weight excluding hydrogens is 376 g/mol. The Morgan fingerprint density at radius 2 is 1.13 bits per heavy atom. The maximum absolute atomic E-state index is 9.02. The third-order valence-electron chi connectivity index (χ3n) is 4.69. The van der Waals surface area contributed by atoms with E-state index in [1.54, 1.807) is 26.4 Å². The standard InChI is InChI=1S/C24H18N4O2/c1-29-20-11-7-17(8-12-20)22-23(18-9-13-21(30-2)14-10-18)27-28-24(26-22)19-5-3-16(15-25)4-6-19/h3-14H,1-2H3. The molecule has 0 aliphatic rings. The first-order valence-electron chi connectivity index (χ1n) is 9.26. The highest BCUT2D eigenvalue weighted by molar-refractivity contribution is 5.79. The third kappa shape index (κ3) is 3.82. The molecule has 0 bridgehead atoms. The van der Waals surface area contributed by atoms with Crippen LogP contribution in [0.4, 0.5) is 0 Å². The van der Waals surface area contributed by atoms with Gasteiger partial charge in [0.2, 0.25) is 0 Å². The summed E-state index contributed by atoms with van der Waals surface area (Å²) in [6, 6.07) is 24.5. The van der Waals surface area contributed by atoms with E-state index >= 15 is 0 Å². The van der Waals surface area contributed by atoms with E-state index in [9.17, 15) is 0 Å². The molecule has 1 heterocycles. The van der Waals surface area contributed by atoms with E-state index in [2.05, 4.69) is 16.3 Å². The van der Waals surface area contributed by atoms with Crippen molar-refractivity contribution in [2.75, 3.05) is 14.2 Å². The van der Waals surface area contributed by atoms with E-state index in [0.29, 0.717) is 22.8 Å². The number of nitrogens with zero attached hydrogens (tertiary/aromatic N) is 4. The molecule has 0 fully saturated rings. The lowest BCUT2D eigenvalue weighted by Crippen LogP contribution is -2.00. The smallest absolute Gasteiger partial charge is 0.182 e. The van der Waals surface area contributed by atoms with Crippen molar-refractivity contribution in [1.29, 1.82) is 5.26 Å². The van der Waals surface area contributed by atoms with E-state index in [1.807, 2.05) is 60.7 Å². The molecule has 4 rings (SSSR count). The van der Waals surface area contributed by atoms with Crippen LogP contribution in [-0.4, -0.2) is 29.4 Å². The van der Waals surface area contributed by atoms with Crippen LogP contribution in [0.5, 0.6) is 11.5 Å². The summed E-state index contributed by atoms with van der Waals surface area (Å²) < 4.78 is 10.5. The Kier molecular flexibility index (Phi) is 5.35. The maximum Gasteiger partial charge on any atom is 0.182 e. The monoisotopic (exact) mass is 394 g/mol. The van der Waals surface area contributed by atoms with Gasteiger partial charge in [-0.05, 0) is 72.8 Å². The minimum atomic E-state index is 0.488. The van der Waals surface area contributed by atoms with Crippen LogP contribution in [0.2, 0.25) is 0 Å². The van der Waals surface area contributed by atoms with Crippen molar-refractivity contribution in [3.8, 4) is 51.5 Å². The third-order valence-corrected chi connectivity index (χ3v) is 4.69. The van der Waals surface area contributed by atoms with Crippen molar-refractivity contribution in [1.82, 2.24) is 15.2 Å². The molecule has 0 spiro atoms. The Labute approximate surface area is 174 Å². The number of aromatic nitrogens is 3. The highest BCUT2D eigenvalue weighted by Crippen LogP contribution is 2.32. The highest BCUT2D eigenvalue weighted by atomic mass is 16.5. The molecule has 3 aromatic carbocycles. The Morgan fingerprint density at radius 3 is 1.63 bits per heavy atom. The SMILES string of the molecule is COc1ccc(-c2nnc(-c3ccc(C#N)cc3)nc2-c2ccc(OC)cc2)cc1. The van der Waals surface area contributed by atoms with Crippen molar-refractivity contribution in [2.24, 2.45) is 0 Å². The minimum absolute atomic E-state index is 0.488. The summed E-state index contributed by atoms with van der Waals surface area (Å²) in [7, 11) is 3.26. The van der Waals surface area contributed by atoms with Crippen molar-refractivity contribution in [3.63, 3.8) is 0 Å². The Balaban J connectivity index is 1.84. The van der Waals surface area contributed by atoms with Gasteiger partial charge in [0.25, 0.3) is 0 Å². The van der Waals surface area contributed by atoms with Crippen LogP contribution in [0.3, 0.4) is 0 Å². The molecule has 0 atom stereocenters. The van der Waals surface area contributed by atoms with Crippen LogP contribution in [0.15, 0.2) is 72.8 Å². The molecular formula is C24H18N4O2. The van der Waals surface area contributed by atoms with E-state index in [-0.39, 0.29) is 0 Å². The molecule has 0 radical (unpaired) electrons. The zero-order valence-corrected chi connectivity index (χ0v) is 16.5. The average Bonchev–Trinajstić information content (AvgIpc) is 2.84. The van der Waals surface area contributed by atoms with Crippen LogP contribution in [0.25, 0.3) is 33.9 Å². The second-order valence-corrected chi connectivity index (χ2v) is 6.48.